The largest absolute Gasteiger partial charge is 0.464 e. The zero-order valence-corrected chi connectivity index (χ0v) is 24.1. The van der Waals surface area contributed by atoms with Crippen molar-refractivity contribution in [2.75, 3.05) is 38.0 Å². The molecular weight excluding hydrogens is 558 g/mol. The van der Waals surface area contributed by atoms with Crippen molar-refractivity contribution in [2.24, 2.45) is 0 Å². The van der Waals surface area contributed by atoms with Crippen molar-refractivity contribution in [3.8, 4) is 0 Å². The lowest BCUT2D eigenvalue weighted by molar-refractivity contribution is -0.148. The van der Waals surface area contributed by atoms with Crippen molar-refractivity contribution in [1.29, 1.82) is 0 Å². The van der Waals surface area contributed by atoms with Crippen LogP contribution in [0, 0.1) is 5.82 Å². The lowest BCUT2D eigenvalue weighted by Gasteiger charge is -2.37. The molecule has 0 aromatic heterocycles. The fraction of sp³-hybridized carbons (Fsp3) is 0.483. The summed E-state index contributed by atoms with van der Waals surface area (Å²) in [4.78, 5) is 42.3. The number of ether oxygens (including phenoxy) is 1. The summed E-state index contributed by atoms with van der Waals surface area (Å²) in [5, 5.41) is 8.94. The maximum Gasteiger partial charge on any atom is 0.328 e. The molecule has 1 fully saturated rings. The Morgan fingerprint density at radius 3 is 2.30 bits per heavy atom. The van der Waals surface area contributed by atoms with Crippen LogP contribution in [0.2, 0.25) is 0 Å². The Balaban J connectivity index is 1.99. The molecule has 0 aliphatic carbocycles. The molecular formula is C29H37Cl2FN4O4. The molecule has 1 saturated heterocycles. The fourth-order valence-corrected chi connectivity index (χ4v) is 5.31. The van der Waals surface area contributed by atoms with Crippen LogP contribution >= 0.6 is 23.2 Å². The fourth-order valence-electron chi connectivity index (χ4n) is 4.88. The van der Waals surface area contributed by atoms with Crippen LogP contribution in [-0.2, 0) is 25.5 Å². The van der Waals surface area contributed by atoms with E-state index in [-0.39, 0.29) is 30.7 Å². The maximum atomic E-state index is 14.1. The first-order chi connectivity index (χ1) is 19.4. The second-order valence-corrected chi connectivity index (χ2v) is 10.3. The summed E-state index contributed by atoms with van der Waals surface area (Å²) < 4.78 is 18.7. The van der Waals surface area contributed by atoms with Gasteiger partial charge in [0.1, 0.15) is 17.9 Å². The number of hydrogen-bond acceptors (Lipinski definition) is 6. The molecule has 2 amide bonds. The first-order valence-corrected chi connectivity index (χ1v) is 14.6. The summed E-state index contributed by atoms with van der Waals surface area (Å²) >= 11 is 12.3. The van der Waals surface area contributed by atoms with Crippen LogP contribution in [0.4, 0.5) is 4.39 Å². The molecule has 218 valence electrons. The van der Waals surface area contributed by atoms with E-state index < -0.39 is 41.9 Å². The van der Waals surface area contributed by atoms with Gasteiger partial charge in [0.25, 0.3) is 0 Å². The summed E-state index contributed by atoms with van der Waals surface area (Å²) in [7, 11) is 0. The molecule has 4 atom stereocenters. The third-order valence-electron chi connectivity index (χ3n) is 6.79. The summed E-state index contributed by atoms with van der Waals surface area (Å²) in [5.74, 6) is -1.34. The zero-order valence-electron chi connectivity index (χ0n) is 22.6. The predicted octanol–water partition coefficient (Wildman–Crippen LogP) is 3.17. The summed E-state index contributed by atoms with van der Waals surface area (Å²) in [6.07, 6.45) is 1.59. The van der Waals surface area contributed by atoms with Gasteiger partial charge in [-0.1, -0.05) is 42.5 Å². The average Bonchev–Trinajstić information content (AvgIpc) is 3.50. The number of nitrogens with zero attached hydrogens (tertiary/aromatic N) is 1. The van der Waals surface area contributed by atoms with Crippen LogP contribution in [0.15, 0.2) is 54.6 Å². The molecule has 4 unspecified atom stereocenters. The van der Waals surface area contributed by atoms with Gasteiger partial charge in [-0.2, -0.15) is 0 Å². The molecule has 0 radical (unpaired) electrons. The average molecular weight is 596 g/mol. The Bertz CT molecular complexity index is 1080. The second-order valence-electron chi connectivity index (χ2n) is 9.55. The van der Waals surface area contributed by atoms with Crippen molar-refractivity contribution in [3.05, 3.63) is 71.5 Å². The number of benzene rings is 2. The Hall–Kier alpha value is -2.72. The lowest BCUT2D eigenvalue weighted by Crippen LogP contribution is -2.59. The SMILES string of the molecule is CCOC(=O)C(Cc1ccc(F)cc1)NC(=O)C(NC(=O)C1CCCN1)C(c1ccccc1)N(CCCl)CCCl. The van der Waals surface area contributed by atoms with E-state index in [0.29, 0.717) is 31.6 Å². The first-order valence-electron chi connectivity index (χ1n) is 13.5. The van der Waals surface area contributed by atoms with E-state index in [9.17, 15) is 18.8 Å². The molecule has 1 aliphatic heterocycles. The highest BCUT2D eigenvalue weighted by atomic mass is 35.5. The van der Waals surface area contributed by atoms with Gasteiger partial charge in [-0.05, 0) is 49.6 Å². The van der Waals surface area contributed by atoms with E-state index in [4.69, 9.17) is 27.9 Å². The van der Waals surface area contributed by atoms with Gasteiger partial charge in [0.15, 0.2) is 0 Å². The molecule has 0 spiro atoms. The standard InChI is InChI=1S/C29H37Cl2FN4O4/c1-2-40-29(39)24(19-20-10-12-22(32)13-11-20)34-28(38)25(35-27(37)23-9-6-16-33-23)26(21-7-4-3-5-8-21)36(17-14-30)18-15-31/h3-5,7-8,10-13,23-26,33H,2,6,9,14-19H2,1H3,(H,34,38)(H,35,37). The molecule has 1 heterocycles. The molecule has 3 rings (SSSR count). The van der Waals surface area contributed by atoms with Crippen LogP contribution in [-0.4, -0.2) is 78.8 Å². The second kappa shape index (κ2) is 16.5. The molecule has 2 aromatic carbocycles. The third kappa shape index (κ3) is 9.16. The highest BCUT2D eigenvalue weighted by Crippen LogP contribution is 2.26. The van der Waals surface area contributed by atoms with Crippen LogP contribution in [0.25, 0.3) is 0 Å². The highest BCUT2D eigenvalue weighted by Gasteiger charge is 2.38. The van der Waals surface area contributed by atoms with Crippen LogP contribution < -0.4 is 16.0 Å². The number of rotatable bonds is 15. The van der Waals surface area contributed by atoms with E-state index in [0.717, 1.165) is 12.0 Å². The van der Waals surface area contributed by atoms with Crippen molar-refractivity contribution in [1.82, 2.24) is 20.9 Å². The summed E-state index contributed by atoms with van der Waals surface area (Å²) in [5.41, 5.74) is 1.42. The van der Waals surface area contributed by atoms with Crippen molar-refractivity contribution in [3.63, 3.8) is 0 Å². The van der Waals surface area contributed by atoms with Gasteiger partial charge < -0.3 is 20.7 Å². The first kappa shape index (κ1) is 31.8. The van der Waals surface area contributed by atoms with Gasteiger partial charge in [-0.15, -0.1) is 23.2 Å². The topological polar surface area (TPSA) is 99.8 Å². The number of nitrogens with one attached hydrogen (secondary N) is 3. The predicted molar refractivity (Wildman–Crippen MR) is 154 cm³/mol. The van der Waals surface area contributed by atoms with E-state index in [2.05, 4.69) is 16.0 Å². The molecule has 0 saturated carbocycles. The zero-order chi connectivity index (χ0) is 28.9. The van der Waals surface area contributed by atoms with Crippen molar-refractivity contribution in [2.45, 2.75) is 50.4 Å². The minimum atomic E-state index is -1.09. The minimum absolute atomic E-state index is 0.0821. The smallest absolute Gasteiger partial charge is 0.328 e. The number of alkyl halides is 2. The Labute approximate surface area is 244 Å². The summed E-state index contributed by atoms with van der Waals surface area (Å²) in [6.45, 7) is 3.32. The van der Waals surface area contributed by atoms with E-state index in [1.807, 2.05) is 35.2 Å². The maximum absolute atomic E-state index is 14.1. The number of amides is 2. The lowest BCUT2D eigenvalue weighted by atomic mass is 9.95. The molecule has 2 aromatic rings. The van der Waals surface area contributed by atoms with E-state index in [1.165, 1.54) is 12.1 Å². The van der Waals surface area contributed by atoms with Crippen molar-refractivity contribution >= 4 is 41.0 Å². The summed E-state index contributed by atoms with van der Waals surface area (Å²) in [6, 6.07) is 11.8. The molecule has 11 heteroatoms. The highest BCUT2D eigenvalue weighted by molar-refractivity contribution is 6.18. The van der Waals surface area contributed by atoms with Crippen LogP contribution in [0.3, 0.4) is 0 Å². The Morgan fingerprint density at radius 2 is 1.73 bits per heavy atom. The molecule has 0 bridgehead atoms. The third-order valence-corrected chi connectivity index (χ3v) is 7.13. The Morgan fingerprint density at radius 1 is 1.05 bits per heavy atom. The monoisotopic (exact) mass is 594 g/mol. The van der Waals surface area contributed by atoms with Crippen LogP contribution in [0.1, 0.15) is 36.9 Å². The van der Waals surface area contributed by atoms with Gasteiger partial charge in [0.05, 0.1) is 18.7 Å². The van der Waals surface area contributed by atoms with Crippen molar-refractivity contribution < 1.29 is 23.5 Å². The molecule has 8 nitrogen and oxygen atoms in total. The number of carbonyl (C=O) groups is 3. The van der Waals surface area contributed by atoms with Gasteiger partial charge >= 0.3 is 5.97 Å². The Kier molecular flexibility index (Phi) is 13.1. The number of halogens is 3. The quantitative estimate of drug-likeness (QED) is 0.216. The number of hydrogen-bond donors (Lipinski definition) is 3. The minimum Gasteiger partial charge on any atom is -0.464 e. The normalized spacial score (nSPS) is 17.2. The number of carbonyl (C=O) groups excluding carboxylic acids is 3. The van der Waals surface area contributed by atoms with Gasteiger partial charge in [0, 0.05) is 31.3 Å². The van der Waals surface area contributed by atoms with Gasteiger partial charge in [-0.3, -0.25) is 14.5 Å². The molecule has 1 aliphatic rings. The number of esters is 1. The van der Waals surface area contributed by atoms with Gasteiger partial charge in [0.2, 0.25) is 11.8 Å². The van der Waals surface area contributed by atoms with Gasteiger partial charge in [-0.25, -0.2) is 9.18 Å². The molecule has 40 heavy (non-hydrogen) atoms. The van der Waals surface area contributed by atoms with E-state index >= 15 is 0 Å². The molecule has 3 N–H and O–H groups in total. The van der Waals surface area contributed by atoms with Crippen LogP contribution in [0.5, 0.6) is 0 Å². The van der Waals surface area contributed by atoms with E-state index in [1.54, 1.807) is 19.1 Å².